The fourth-order valence-corrected chi connectivity index (χ4v) is 6.19. The lowest BCUT2D eigenvalue weighted by atomic mass is 9.96. The van der Waals surface area contributed by atoms with E-state index in [1.807, 2.05) is 41.4 Å². The molecule has 4 rings (SSSR count). The first kappa shape index (κ1) is 30.7. The molecule has 0 spiro atoms. The highest BCUT2D eigenvalue weighted by Crippen LogP contribution is 2.27. The van der Waals surface area contributed by atoms with Crippen molar-refractivity contribution in [1.82, 2.24) is 21.3 Å². The average Bonchev–Trinajstić information content (AvgIpc) is 3.39. The molecule has 0 unspecified atom stereocenters. The molecule has 210 valence electrons. The number of thiophene rings is 1. The number of carbonyl (C=O) groups is 3. The molecule has 0 aliphatic carbocycles. The van der Waals surface area contributed by atoms with E-state index < -0.39 is 6.04 Å². The second-order valence-electron chi connectivity index (χ2n) is 9.43. The molecule has 7 nitrogen and oxygen atoms in total. The average molecular weight is 569 g/mol. The van der Waals surface area contributed by atoms with E-state index in [-0.39, 0.29) is 24.4 Å². The summed E-state index contributed by atoms with van der Waals surface area (Å²) in [7, 11) is 0. The third kappa shape index (κ3) is 10.7. The van der Waals surface area contributed by atoms with E-state index in [1.54, 1.807) is 16.9 Å². The lowest BCUT2D eigenvalue weighted by molar-refractivity contribution is -0.131. The number of carbonyl (C=O) groups excluding carboxylic acids is 3. The van der Waals surface area contributed by atoms with E-state index in [2.05, 4.69) is 57.9 Å². The molecule has 3 amide bonds. The molecule has 3 heterocycles. The lowest BCUT2D eigenvalue weighted by Crippen LogP contribution is -2.52. The zero-order valence-electron chi connectivity index (χ0n) is 22.6. The third-order valence-corrected chi connectivity index (χ3v) is 8.56. The van der Waals surface area contributed by atoms with Crippen LogP contribution in [-0.2, 0) is 20.8 Å². The topological polar surface area (TPSA) is 99.3 Å². The van der Waals surface area contributed by atoms with Gasteiger partial charge in [-0.3, -0.25) is 14.4 Å². The Morgan fingerprint density at radius 3 is 2.72 bits per heavy atom. The molecule has 4 N–H and O–H groups in total. The summed E-state index contributed by atoms with van der Waals surface area (Å²) in [5, 5.41) is 16.7. The van der Waals surface area contributed by atoms with Crippen LogP contribution in [0.3, 0.4) is 0 Å². The summed E-state index contributed by atoms with van der Waals surface area (Å²) in [5.74, 6) is 0.660. The molecule has 1 aromatic carbocycles. The molecule has 1 atom stereocenters. The van der Waals surface area contributed by atoms with Crippen LogP contribution in [0.25, 0.3) is 10.1 Å². The summed E-state index contributed by atoms with van der Waals surface area (Å²) in [6.07, 6.45) is 14.9. The van der Waals surface area contributed by atoms with Gasteiger partial charge in [-0.2, -0.15) is 0 Å². The van der Waals surface area contributed by atoms with Crippen molar-refractivity contribution in [2.45, 2.75) is 51.5 Å². The number of piperidine rings is 1. The van der Waals surface area contributed by atoms with Crippen LogP contribution in [-0.4, -0.2) is 49.8 Å². The molecule has 0 radical (unpaired) electrons. The number of nitrogens with one attached hydrogen (secondary N) is 4. The van der Waals surface area contributed by atoms with E-state index in [0.717, 1.165) is 60.2 Å². The van der Waals surface area contributed by atoms with Crippen molar-refractivity contribution in [3.63, 3.8) is 0 Å². The predicted molar refractivity (Wildman–Crippen MR) is 164 cm³/mol. The Hall–Kier alpha value is -2.88. The standard InChI is InChI=1S/C19H24N4O3S.C11H16S/c24-12-21-11-22-19(26)16(23-18(25)13-5-7-20-8-6-13)9-14-10-27-17-4-2-1-3-15(14)17;1-2-11-8-6-4-3-5-7-9-12-10-11/h1-4,10,12-13,16,20H,5-9,11H2,(H,21,24)(H,22,26)(H,23,25);4-7,10H,2-3,8-9H2,1H3/b;6-4-,7-5-,11-10-/t16-;/m1./s1. The summed E-state index contributed by atoms with van der Waals surface area (Å²) in [6, 6.07) is 7.34. The van der Waals surface area contributed by atoms with Crippen LogP contribution in [0, 0.1) is 5.92 Å². The lowest BCUT2D eigenvalue weighted by Gasteiger charge is -2.25. The molecule has 39 heavy (non-hydrogen) atoms. The summed E-state index contributed by atoms with van der Waals surface area (Å²) in [6.45, 7) is 3.88. The van der Waals surface area contributed by atoms with Crippen molar-refractivity contribution >= 4 is 51.4 Å². The molecule has 0 saturated carbocycles. The summed E-state index contributed by atoms with van der Waals surface area (Å²) in [4.78, 5) is 35.7. The first-order valence-electron chi connectivity index (χ1n) is 13.6. The zero-order chi connectivity index (χ0) is 27.7. The number of rotatable bonds is 9. The van der Waals surface area contributed by atoms with Gasteiger partial charge in [-0.15, -0.1) is 23.1 Å². The Bertz CT molecular complexity index is 1150. The van der Waals surface area contributed by atoms with Crippen LogP contribution in [0.2, 0.25) is 0 Å². The maximum Gasteiger partial charge on any atom is 0.244 e. The largest absolute Gasteiger partial charge is 0.344 e. The molecule has 1 aromatic heterocycles. The highest BCUT2D eigenvalue weighted by Gasteiger charge is 2.27. The molecule has 2 aliphatic rings. The quantitative estimate of drug-likeness (QED) is 0.153. The van der Waals surface area contributed by atoms with Crippen molar-refractivity contribution in [1.29, 1.82) is 0 Å². The molecule has 9 heteroatoms. The molecule has 1 saturated heterocycles. The summed E-state index contributed by atoms with van der Waals surface area (Å²) < 4.78 is 1.15. The predicted octanol–water partition coefficient (Wildman–Crippen LogP) is 4.67. The van der Waals surface area contributed by atoms with Gasteiger partial charge >= 0.3 is 0 Å². The fraction of sp³-hybridized carbons (Fsp3) is 0.433. The van der Waals surface area contributed by atoms with Gasteiger partial charge in [0.2, 0.25) is 18.2 Å². The van der Waals surface area contributed by atoms with Gasteiger partial charge in [0.25, 0.3) is 0 Å². The summed E-state index contributed by atoms with van der Waals surface area (Å²) in [5.41, 5.74) is 2.58. The SMILES string of the molecule is CC/C1=C/SC/C=C\C/C=C\C1.O=CNCNC(=O)[C@@H](Cc1csc2ccccc12)NC(=O)C1CCNCC1. The van der Waals surface area contributed by atoms with E-state index in [4.69, 9.17) is 0 Å². The number of thioether (sulfide) groups is 1. The van der Waals surface area contributed by atoms with Crippen molar-refractivity contribution < 1.29 is 14.4 Å². The van der Waals surface area contributed by atoms with Gasteiger partial charge in [-0.25, -0.2) is 0 Å². The Labute approximate surface area is 240 Å². The first-order valence-corrected chi connectivity index (χ1v) is 15.6. The molecular formula is C30H40N4O3S2. The van der Waals surface area contributed by atoms with Gasteiger partial charge in [0, 0.05) is 22.8 Å². The highest BCUT2D eigenvalue weighted by molar-refractivity contribution is 8.02. The van der Waals surface area contributed by atoms with E-state index in [0.29, 0.717) is 12.8 Å². The second-order valence-corrected chi connectivity index (χ2v) is 11.2. The Morgan fingerprint density at radius 2 is 1.92 bits per heavy atom. The van der Waals surface area contributed by atoms with Gasteiger partial charge in [0.05, 0.1) is 6.67 Å². The molecule has 2 aromatic rings. The van der Waals surface area contributed by atoms with Crippen LogP contribution in [0.1, 0.15) is 44.6 Å². The van der Waals surface area contributed by atoms with Crippen molar-refractivity contribution in [2.75, 3.05) is 25.5 Å². The minimum atomic E-state index is -0.682. The third-order valence-electron chi connectivity index (χ3n) is 6.66. The molecule has 1 fully saturated rings. The minimum absolute atomic E-state index is 0.0342. The van der Waals surface area contributed by atoms with Crippen LogP contribution < -0.4 is 21.3 Å². The minimum Gasteiger partial charge on any atom is -0.344 e. The van der Waals surface area contributed by atoms with E-state index >= 15 is 0 Å². The van der Waals surface area contributed by atoms with Crippen molar-refractivity contribution in [3.8, 4) is 0 Å². The number of allylic oxidation sites excluding steroid dienone is 4. The zero-order valence-corrected chi connectivity index (χ0v) is 24.3. The smallest absolute Gasteiger partial charge is 0.244 e. The van der Waals surface area contributed by atoms with Gasteiger partial charge < -0.3 is 21.3 Å². The van der Waals surface area contributed by atoms with Crippen LogP contribution in [0.5, 0.6) is 0 Å². The molecule has 0 bridgehead atoms. The van der Waals surface area contributed by atoms with Crippen molar-refractivity contribution in [2.24, 2.45) is 5.92 Å². The number of amides is 3. The Kier molecular flexibility index (Phi) is 13.9. The maximum absolute atomic E-state index is 12.6. The second kappa shape index (κ2) is 17.7. The number of benzene rings is 1. The van der Waals surface area contributed by atoms with Gasteiger partial charge in [0.1, 0.15) is 6.04 Å². The Balaban J connectivity index is 0.000000293. The monoisotopic (exact) mass is 568 g/mol. The summed E-state index contributed by atoms with van der Waals surface area (Å²) >= 11 is 3.53. The normalized spacial score (nSPS) is 19.8. The van der Waals surface area contributed by atoms with Gasteiger partial charge in [-0.1, -0.05) is 55.0 Å². The fourth-order valence-electron chi connectivity index (χ4n) is 4.37. The molecular weight excluding hydrogens is 528 g/mol. The highest BCUT2D eigenvalue weighted by atomic mass is 32.2. The number of hydrogen-bond donors (Lipinski definition) is 4. The van der Waals surface area contributed by atoms with E-state index in [9.17, 15) is 14.4 Å². The first-order chi connectivity index (χ1) is 19.1. The van der Waals surface area contributed by atoms with E-state index in [1.165, 1.54) is 6.42 Å². The van der Waals surface area contributed by atoms with Gasteiger partial charge in [-0.05, 0) is 73.0 Å². The maximum atomic E-state index is 12.6. The Morgan fingerprint density at radius 1 is 1.13 bits per heavy atom. The van der Waals surface area contributed by atoms with Crippen LogP contribution in [0.4, 0.5) is 0 Å². The molecule has 2 aliphatic heterocycles. The van der Waals surface area contributed by atoms with Crippen LogP contribution in [0.15, 0.2) is 64.9 Å². The number of hydrogen-bond acceptors (Lipinski definition) is 6. The van der Waals surface area contributed by atoms with Crippen molar-refractivity contribution in [3.05, 3.63) is 70.5 Å². The number of fused-ring (bicyclic) bond motifs is 1. The van der Waals surface area contributed by atoms with Gasteiger partial charge in [0.15, 0.2) is 0 Å². The van der Waals surface area contributed by atoms with Crippen LogP contribution >= 0.6 is 23.1 Å².